The molecule has 0 bridgehead atoms. The Morgan fingerprint density at radius 1 is 1.14 bits per heavy atom. The molecule has 1 fully saturated rings. The Morgan fingerprint density at radius 3 is 2.71 bits per heavy atom. The normalized spacial score (nSPS) is 24.7. The molecule has 1 saturated heterocycles. The minimum atomic E-state index is -1.23. The number of nitrogens with two attached hydrogens (primary N) is 2. The van der Waals surface area contributed by atoms with E-state index in [2.05, 4.69) is 20.3 Å². The van der Waals surface area contributed by atoms with Gasteiger partial charge in [0.1, 0.15) is 24.6 Å². The summed E-state index contributed by atoms with van der Waals surface area (Å²) in [5.41, 5.74) is 14.7. The number of hydrogen-bond donors (Lipinski definition) is 6. The number of aliphatic hydroxyl groups excluding tert-OH is 3. The summed E-state index contributed by atoms with van der Waals surface area (Å²) in [6, 6.07) is 5.24. The Kier molecular flexibility index (Phi) is 4.73. The molecule has 3 heterocycles. The summed E-state index contributed by atoms with van der Waals surface area (Å²) < 4.78 is 7.05. The molecule has 0 saturated carbocycles. The lowest BCUT2D eigenvalue weighted by Crippen LogP contribution is -2.33. The van der Waals surface area contributed by atoms with Crippen molar-refractivity contribution in [1.82, 2.24) is 19.5 Å². The van der Waals surface area contributed by atoms with Gasteiger partial charge in [0.15, 0.2) is 23.2 Å². The zero-order chi connectivity index (χ0) is 19.8. The van der Waals surface area contributed by atoms with Gasteiger partial charge >= 0.3 is 0 Å². The van der Waals surface area contributed by atoms with Crippen LogP contribution in [0.5, 0.6) is 0 Å². The second-order valence-electron chi connectivity index (χ2n) is 6.59. The van der Waals surface area contributed by atoms with Crippen molar-refractivity contribution in [2.45, 2.75) is 31.1 Å². The summed E-state index contributed by atoms with van der Waals surface area (Å²) in [6.07, 6.45) is -1.45. The van der Waals surface area contributed by atoms with E-state index >= 15 is 0 Å². The monoisotopic (exact) mass is 387 g/mol. The summed E-state index contributed by atoms with van der Waals surface area (Å²) in [5.74, 6) is 0.470. The van der Waals surface area contributed by atoms with E-state index in [0.717, 1.165) is 5.56 Å². The summed E-state index contributed by atoms with van der Waals surface area (Å²) in [6.45, 7) is -0.0333. The molecule has 2 aromatic heterocycles. The van der Waals surface area contributed by atoms with Crippen LogP contribution in [0.15, 0.2) is 30.9 Å². The first-order valence-corrected chi connectivity index (χ1v) is 8.67. The fraction of sp³-hybridized carbons (Fsp3) is 0.353. The van der Waals surface area contributed by atoms with Crippen molar-refractivity contribution >= 4 is 28.4 Å². The van der Waals surface area contributed by atoms with Gasteiger partial charge in [-0.15, -0.1) is 0 Å². The molecule has 1 aliphatic heterocycles. The molecule has 11 nitrogen and oxygen atoms in total. The van der Waals surface area contributed by atoms with E-state index in [1.165, 1.54) is 17.2 Å². The maximum atomic E-state index is 10.2. The van der Waals surface area contributed by atoms with E-state index in [-0.39, 0.29) is 0 Å². The largest absolute Gasteiger partial charge is 0.399 e. The van der Waals surface area contributed by atoms with Gasteiger partial charge in [0, 0.05) is 17.9 Å². The molecule has 4 atom stereocenters. The average Bonchev–Trinajstić information content (AvgIpc) is 3.24. The highest BCUT2D eigenvalue weighted by molar-refractivity contribution is 5.82. The summed E-state index contributed by atoms with van der Waals surface area (Å²) in [5, 5.41) is 32.7. The molecule has 11 heteroatoms. The molecule has 0 spiro atoms. The van der Waals surface area contributed by atoms with Gasteiger partial charge in [-0.25, -0.2) is 15.0 Å². The van der Waals surface area contributed by atoms with Crippen LogP contribution in [0.1, 0.15) is 11.8 Å². The number of aromatic nitrogens is 4. The topological polar surface area (TPSA) is 178 Å². The third kappa shape index (κ3) is 3.10. The number of fused-ring (bicyclic) bond motifs is 1. The molecular weight excluding hydrogens is 366 g/mol. The standard InChI is InChI=1S/C17H21N7O4/c18-9-1-2-10(19)8(3-9)4-20-15-12-16(22-6-21-15)24(7-23-12)17-14(27)13(26)11(5-25)28-17/h1-3,6-7,11,13-14,17,25-27H,4-5,18-19H2,(H,20,21,22)/t11-,13-,14-,17?/m1/s1. The van der Waals surface area contributed by atoms with Gasteiger partial charge in [-0.1, -0.05) is 0 Å². The smallest absolute Gasteiger partial charge is 0.167 e. The number of ether oxygens (including phenoxy) is 1. The number of benzene rings is 1. The summed E-state index contributed by atoms with van der Waals surface area (Å²) in [4.78, 5) is 12.7. The van der Waals surface area contributed by atoms with E-state index in [1.807, 2.05) is 0 Å². The fourth-order valence-corrected chi connectivity index (χ4v) is 3.24. The lowest BCUT2D eigenvalue weighted by atomic mass is 10.1. The van der Waals surface area contributed by atoms with Gasteiger partial charge in [-0.05, 0) is 23.8 Å². The van der Waals surface area contributed by atoms with Crippen molar-refractivity contribution in [2.24, 2.45) is 0 Å². The van der Waals surface area contributed by atoms with Crippen LogP contribution in [0.2, 0.25) is 0 Å². The van der Waals surface area contributed by atoms with Crippen molar-refractivity contribution in [3.8, 4) is 0 Å². The zero-order valence-corrected chi connectivity index (χ0v) is 14.8. The van der Waals surface area contributed by atoms with E-state index in [0.29, 0.717) is 34.9 Å². The summed E-state index contributed by atoms with van der Waals surface area (Å²) >= 11 is 0. The highest BCUT2D eigenvalue weighted by Crippen LogP contribution is 2.32. The van der Waals surface area contributed by atoms with Crippen LogP contribution >= 0.6 is 0 Å². The average molecular weight is 387 g/mol. The van der Waals surface area contributed by atoms with Gasteiger partial charge < -0.3 is 36.8 Å². The predicted molar refractivity (Wildman–Crippen MR) is 101 cm³/mol. The van der Waals surface area contributed by atoms with Gasteiger partial charge in [-0.2, -0.15) is 0 Å². The molecule has 1 unspecified atom stereocenters. The number of hydrogen-bond acceptors (Lipinski definition) is 10. The van der Waals surface area contributed by atoms with Crippen LogP contribution in [-0.2, 0) is 11.3 Å². The van der Waals surface area contributed by atoms with E-state index in [1.54, 1.807) is 18.2 Å². The second kappa shape index (κ2) is 7.20. The molecule has 4 rings (SSSR count). The maximum absolute atomic E-state index is 10.2. The van der Waals surface area contributed by atoms with Crippen molar-refractivity contribution in [1.29, 1.82) is 0 Å². The highest BCUT2D eigenvalue weighted by atomic mass is 16.6. The second-order valence-corrected chi connectivity index (χ2v) is 6.59. The number of anilines is 3. The molecule has 0 radical (unpaired) electrons. The first kappa shape index (κ1) is 18.4. The fourth-order valence-electron chi connectivity index (χ4n) is 3.24. The number of nitrogens with zero attached hydrogens (tertiary/aromatic N) is 4. The lowest BCUT2D eigenvalue weighted by molar-refractivity contribution is -0.0511. The van der Waals surface area contributed by atoms with Crippen LogP contribution < -0.4 is 16.8 Å². The molecule has 148 valence electrons. The zero-order valence-electron chi connectivity index (χ0n) is 14.8. The molecule has 3 aromatic rings. The van der Waals surface area contributed by atoms with E-state index in [4.69, 9.17) is 16.2 Å². The highest BCUT2D eigenvalue weighted by Gasteiger charge is 2.44. The first-order valence-electron chi connectivity index (χ1n) is 8.67. The molecule has 1 aromatic carbocycles. The predicted octanol–water partition coefficient (Wildman–Crippen LogP) is -0.786. The van der Waals surface area contributed by atoms with E-state index in [9.17, 15) is 15.3 Å². The minimum Gasteiger partial charge on any atom is -0.399 e. The number of rotatable bonds is 5. The minimum absolute atomic E-state index is 0.379. The maximum Gasteiger partial charge on any atom is 0.167 e. The Morgan fingerprint density at radius 2 is 1.96 bits per heavy atom. The van der Waals surface area contributed by atoms with Crippen molar-refractivity contribution < 1.29 is 20.1 Å². The molecule has 0 amide bonds. The SMILES string of the molecule is Nc1ccc(N)c(CNc2ncnc3c2ncn3C2O[C@H](CO)[C@@H](O)[C@H]2O)c1. The number of imidazole rings is 1. The summed E-state index contributed by atoms with van der Waals surface area (Å²) in [7, 11) is 0. The van der Waals surface area contributed by atoms with Crippen LogP contribution in [0.25, 0.3) is 11.2 Å². The quantitative estimate of drug-likeness (QED) is 0.304. The van der Waals surface area contributed by atoms with Crippen molar-refractivity contribution in [3.63, 3.8) is 0 Å². The Labute approximate surface area is 159 Å². The van der Waals surface area contributed by atoms with Gasteiger partial charge in [0.05, 0.1) is 12.9 Å². The number of nitrogens with one attached hydrogen (secondary N) is 1. The molecular formula is C17H21N7O4. The third-order valence-corrected chi connectivity index (χ3v) is 4.76. The van der Waals surface area contributed by atoms with E-state index < -0.39 is 31.1 Å². The van der Waals surface area contributed by atoms with Crippen LogP contribution in [0.4, 0.5) is 17.2 Å². The first-order chi connectivity index (χ1) is 13.5. The van der Waals surface area contributed by atoms with Crippen molar-refractivity contribution in [3.05, 3.63) is 36.4 Å². The molecule has 28 heavy (non-hydrogen) atoms. The molecule has 1 aliphatic rings. The Balaban J connectivity index is 1.61. The number of nitrogen functional groups attached to an aromatic ring is 2. The van der Waals surface area contributed by atoms with Gasteiger partial charge in [0.25, 0.3) is 0 Å². The molecule has 8 N–H and O–H groups in total. The van der Waals surface area contributed by atoms with Gasteiger partial charge in [0.2, 0.25) is 0 Å². The van der Waals surface area contributed by atoms with Crippen LogP contribution in [0, 0.1) is 0 Å². The Hall–Kier alpha value is -2.99. The van der Waals surface area contributed by atoms with Crippen LogP contribution in [0.3, 0.4) is 0 Å². The van der Waals surface area contributed by atoms with Gasteiger partial charge in [-0.3, -0.25) is 4.57 Å². The Bertz CT molecular complexity index is 995. The number of aliphatic hydroxyl groups is 3. The third-order valence-electron chi connectivity index (χ3n) is 4.76. The van der Waals surface area contributed by atoms with Crippen LogP contribution in [-0.4, -0.2) is 59.8 Å². The molecule has 0 aliphatic carbocycles. The van der Waals surface area contributed by atoms with Crippen molar-refractivity contribution in [2.75, 3.05) is 23.4 Å². The lowest BCUT2D eigenvalue weighted by Gasteiger charge is -2.16.